The lowest BCUT2D eigenvalue weighted by Gasteiger charge is -2.34. The van der Waals surface area contributed by atoms with Gasteiger partial charge in [-0.15, -0.1) is 0 Å². The van der Waals surface area contributed by atoms with E-state index in [0.717, 1.165) is 51.0 Å². The van der Waals surface area contributed by atoms with Crippen molar-refractivity contribution >= 4 is 17.3 Å². The Hall–Kier alpha value is -1.00. The molecular formula is C17H26ClNO3. The van der Waals surface area contributed by atoms with Crippen LogP contribution < -0.4 is 0 Å². The number of hydrogen-bond acceptors (Lipinski definition) is 4. The van der Waals surface area contributed by atoms with Crippen LogP contribution in [-0.4, -0.2) is 30.6 Å². The van der Waals surface area contributed by atoms with Crippen LogP contribution >= 0.6 is 11.6 Å². The van der Waals surface area contributed by atoms with Crippen LogP contribution in [0.4, 0.5) is 0 Å². The summed E-state index contributed by atoms with van der Waals surface area (Å²) in [4.78, 5) is 5.28. The first-order chi connectivity index (χ1) is 10.7. The van der Waals surface area contributed by atoms with Crippen LogP contribution in [-0.2, 0) is 9.57 Å². The first-order valence-electron chi connectivity index (χ1n) is 8.16. The summed E-state index contributed by atoms with van der Waals surface area (Å²) in [6.45, 7) is 4.14. The molecule has 1 fully saturated rings. The summed E-state index contributed by atoms with van der Waals surface area (Å²) in [6.07, 6.45) is 8.49. The molecule has 0 aromatic carbocycles. The van der Waals surface area contributed by atoms with Crippen LogP contribution in [0.1, 0.15) is 39.0 Å². The van der Waals surface area contributed by atoms with Gasteiger partial charge in [0.1, 0.15) is 6.61 Å². The molecule has 1 aliphatic heterocycles. The Kier molecular flexibility index (Phi) is 7.26. The quantitative estimate of drug-likeness (QED) is 0.446. The van der Waals surface area contributed by atoms with E-state index in [-0.39, 0.29) is 5.92 Å². The molecule has 4 nitrogen and oxygen atoms in total. The van der Waals surface area contributed by atoms with Gasteiger partial charge in [0.15, 0.2) is 0 Å². The molecule has 1 N–H and O–H groups in total. The van der Waals surface area contributed by atoms with E-state index in [4.69, 9.17) is 21.2 Å². The lowest BCUT2D eigenvalue weighted by molar-refractivity contribution is 0.0402. The zero-order chi connectivity index (χ0) is 15.8. The molecule has 22 heavy (non-hydrogen) atoms. The van der Waals surface area contributed by atoms with Gasteiger partial charge in [-0.25, -0.2) is 0 Å². The minimum atomic E-state index is 0.173. The van der Waals surface area contributed by atoms with E-state index >= 15 is 0 Å². The summed E-state index contributed by atoms with van der Waals surface area (Å²) in [5, 5.41) is 14.4. The van der Waals surface area contributed by atoms with E-state index in [1.165, 1.54) is 5.54 Å². The number of aliphatic hydroxyl groups excluding tert-OH is 1. The van der Waals surface area contributed by atoms with E-state index in [0.29, 0.717) is 24.2 Å². The lowest BCUT2D eigenvalue weighted by atomic mass is 9.73. The van der Waals surface area contributed by atoms with E-state index in [1.807, 2.05) is 6.08 Å². The Morgan fingerprint density at radius 2 is 2.23 bits per heavy atom. The van der Waals surface area contributed by atoms with Crippen LogP contribution in [0.3, 0.4) is 0 Å². The van der Waals surface area contributed by atoms with Crippen molar-refractivity contribution in [2.45, 2.75) is 39.0 Å². The van der Waals surface area contributed by atoms with Crippen LogP contribution in [0.15, 0.2) is 28.6 Å². The average Bonchev–Trinajstić information content (AvgIpc) is 2.55. The molecule has 5 heteroatoms. The number of allylic oxidation sites excluding steroid dienone is 2. The molecule has 0 amide bonds. The van der Waals surface area contributed by atoms with Crippen LogP contribution in [0.2, 0.25) is 0 Å². The van der Waals surface area contributed by atoms with Crippen LogP contribution in [0.5, 0.6) is 0 Å². The maximum atomic E-state index is 10.1. The molecule has 1 heterocycles. The molecule has 0 bridgehead atoms. The Morgan fingerprint density at radius 1 is 1.45 bits per heavy atom. The predicted molar refractivity (Wildman–Crippen MR) is 89.1 cm³/mol. The van der Waals surface area contributed by atoms with E-state index in [2.05, 4.69) is 12.1 Å². The van der Waals surface area contributed by atoms with Gasteiger partial charge >= 0.3 is 0 Å². The highest BCUT2D eigenvalue weighted by molar-refractivity contribution is 6.25. The van der Waals surface area contributed by atoms with Gasteiger partial charge in [-0.05, 0) is 49.7 Å². The maximum Gasteiger partial charge on any atom is 0.136 e. The van der Waals surface area contributed by atoms with Crippen LogP contribution in [0.25, 0.3) is 0 Å². The van der Waals surface area contributed by atoms with Crippen molar-refractivity contribution in [1.29, 1.82) is 0 Å². The molecule has 124 valence electrons. The third-order valence-electron chi connectivity index (χ3n) is 4.59. The third-order valence-corrected chi connectivity index (χ3v) is 4.76. The summed E-state index contributed by atoms with van der Waals surface area (Å²) in [6, 6.07) is 0. The number of ether oxygens (including phenoxy) is 1. The largest absolute Gasteiger partial charge is 0.513 e. The summed E-state index contributed by atoms with van der Waals surface area (Å²) in [7, 11) is 0. The number of rotatable bonds is 6. The Bertz CT molecular complexity index is 428. The van der Waals surface area contributed by atoms with Gasteiger partial charge in [-0.2, -0.15) is 0 Å². The van der Waals surface area contributed by atoms with Crippen molar-refractivity contribution in [2.24, 2.45) is 22.9 Å². The fourth-order valence-corrected chi connectivity index (χ4v) is 3.49. The zero-order valence-corrected chi connectivity index (χ0v) is 14.0. The molecule has 1 aliphatic carbocycles. The van der Waals surface area contributed by atoms with Gasteiger partial charge in [0.25, 0.3) is 0 Å². The maximum absolute atomic E-state index is 10.1. The number of oxime groups is 1. The second-order valence-corrected chi connectivity index (χ2v) is 6.26. The first kappa shape index (κ1) is 17.4. The van der Waals surface area contributed by atoms with E-state index in [9.17, 15) is 5.11 Å². The zero-order valence-electron chi connectivity index (χ0n) is 13.2. The summed E-state index contributed by atoms with van der Waals surface area (Å²) < 4.78 is 5.45. The second kappa shape index (κ2) is 9.21. The molecule has 1 saturated heterocycles. The molecule has 0 spiro atoms. The smallest absolute Gasteiger partial charge is 0.136 e. The van der Waals surface area contributed by atoms with Crippen molar-refractivity contribution in [2.75, 3.05) is 19.8 Å². The van der Waals surface area contributed by atoms with Gasteiger partial charge in [0.2, 0.25) is 0 Å². The molecule has 0 aromatic heterocycles. The van der Waals surface area contributed by atoms with E-state index < -0.39 is 0 Å². The SMILES string of the molecule is CCC(=NOCC=CCl)C1C=C(O)CC(C2CCOCC2)C1. The van der Waals surface area contributed by atoms with Crippen molar-refractivity contribution in [3.63, 3.8) is 0 Å². The second-order valence-electron chi connectivity index (χ2n) is 6.01. The molecule has 2 atom stereocenters. The highest BCUT2D eigenvalue weighted by Gasteiger charge is 2.31. The first-order valence-corrected chi connectivity index (χ1v) is 8.59. The Morgan fingerprint density at radius 3 is 2.91 bits per heavy atom. The van der Waals surface area contributed by atoms with Crippen molar-refractivity contribution in [3.05, 3.63) is 23.4 Å². The Labute approximate surface area is 137 Å². The average molecular weight is 328 g/mol. The highest BCUT2D eigenvalue weighted by Crippen LogP contribution is 2.37. The van der Waals surface area contributed by atoms with Gasteiger partial charge in [-0.3, -0.25) is 0 Å². The molecule has 2 aliphatic rings. The molecule has 2 rings (SSSR count). The normalized spacial score (nSPS) is 27.9. The fourth-order valence-electron chi connectivity index (χ4n) is 3.42. The molecule has 0 aromatic rings. The minimum absolute atomic E-state index is 0.173. The lowest BCUT2D eigenvalue weighted by Crippen LogP contribution is -2.30. The Balaban J connectivity index is 2.00. The fraction of sp³-hybridized carbons (Fsp3) is 0.706. The van der Waals surface area contributed by atoms with Gasteiger partial charge in [0.05, 0.1) is 11.5 Å². The predicted octanol–water partition coefficient (Wildman–Crippen LogP) is 4.42. The van der Waals surface area contributed by atoms with Gasteiger partial charge in [-0.1, -0.05) is 23.7 Å². The monoisotopic (exact) mass is 327 g/mol. The van der Waals surface area contributed by atoms with Crippen molar-refractivity contribution < 1.29 is 14.7 Å². The number of aliphatic hydroxyl groups is 1. The minimum Gasteiger partial charge on any atom is -0.513 e. The summed E-state index contributed by atoms with van der Waals surface area (Å²) in [5.41, 5.74) is 2.42. The molecule has 0 saturated carbocycles. The van der Waals surface area contributed by atoms with E-state index in [1.54, 1.807) is 6.08 Å². The molecule has 0 radical (unpaired) electrons. The van der Waals surface area contributed by atoms with Crippen molar-refractivity contribution in [1.82, 2.24) is 0 Å². The third kappa shape index (κ3) is 5.03. The summed E-state index contributed by atoms with van der Waals surface area (Å²) >= 11 is 5.46. The summed E-state index contributed by atoms with van der Waals surface area (Å²) in [5.74, 6) is 1.82. The molecular weight excluding hydrogens is 302 g/mol. The van der Waals surface area contributed by atoms with Gasteiger partial charge < -0.3 is 14.7 Å². The van der Waals surface area contributed by atoms with Gasteiger partial charge in [0, 0.05) is 31.1 Å². The standard InChI is InChI=1S/C17H26ClNO3/c1-2-17(19-22-7-3-6-18)15-10-14(11-16(20)12-15)13-4-8-21-9-5-13/h3,6,12-15,20H,2,4-5,7-11H2,1H3. The topological polar surface area (TPSA) is 51.0 Å². The number of nitrogens with zero attached hydrogens (tertiary/aromatic N) is 1. The van der Waals surface area contributed by atoms with Crippen molar-refractivity contribution in [3.8, 4) is 0 Å². The highest BCUT2D eigenvalue weighted by atomic mass is 35.5. The number of halogens is 1. The van der Waals surface area contributed by atoms with Crippen LogP contribution in [0, 0.1) is 17.8 Å². The number of hydrogen-bond donors (Lipinski definition) is 1. The molecule has 2 unspecified atom stereocenters.